The van der Waals surface area contributed by atoms with Crippen LogP contribution in [0.5, 0.6) is 0 Å². The van der Waals surface area contributed by atoms with Crippen LogP contribution in [0.2, 0.25) is 5.02 Å². The van der Waals surface area contributed by atoms with Crippen molar-refractivity contribution in [1.82, 2.24) is 0 Å². The van der Waals surface area contributed by atoms with Crippen molar-refractivity contribution in [2.24, 2.45) is 0 Å². The van der Waals surface area contributed by atoms with Gasteiger partial charge in [-0.3, -0.25) is 4.79 Å². The fraction of sp³-hybridized carbons (Fsp3) is 0.0500. The summed E-state index contributed by atoms with van der Waals surface area (Å²) in [5.74, 6) is -0.176. The summed E-state index contributed by atoms with van der Waals surface area (Å²) >= 11 is 5.70. The number of alkyl halides is 3. The first-order chi connectivity index (χ1) is 11.9. The summed E-state index contributed by atoms with van der Waals surface area (Å²) in [6, 6.07) is 16.1. The van der Waals surface area contributed by atoms with Gasteiger partial charge in [0, 0.05) is 11.1 Å². The van der Waals surface area contributed by atoms with Gasteiger partial charge in [-0.05, 0) is 34.4 Å². The molecule has 0 N–H and O–H groups in total. The van der Waals surface area contributed by atoms with Crippen molar-refractivity contribution in [3.63, 3.8) is 0 Å². The van der Waals surface area contributed by atoms with Gasteiger partial charge < -0.3 is 0 Å². The zero-order valence-electron chi connectivity index (χ0n) is 12.7. The Bertz CT molecular complexity index is 1020. The van der Waals surface area contributed by atoms with Crippen LogP contribution in [0.4, 0.5) is 13.2 Å². The minimum atomic E-state index is -4.56. The molecule has 0 saturated carbocycles. The summed E-state index contributed by atoms with van der Waals surface area (Å²) in [6.07, 6.45) is -4.56. The molecular weight excluding hydrogens is 349 g/mol. The van der Waals surface area contributed by atoms with E-state index in [0.29, 0.717) is 22.3 Å². The molecule has 0 aliphatic heterocycles. The highest BCUT2D eigenvalue weighted by atomic mass is 35.5. The van der Waals surface area contributed by atoms with Crippen LogP contribution in [0.3, 0.4) is 0 Å². The number of benzene rings is 3. The average molecular weight is 359 g/mol. The molecule has 0 amide bonds. The Morgan fingerprint density at radius 3 is 2.12 bits per heavy atom. The standard InChI is InChI=1S/C20H10ClF3O/c21-17-9-8-11(10-16(17)20(22,23)24)12-6-3-7-14-13-4-1-2-5-15(13)19(25)18(12)14/h1-10H. The summed E-state index contributed by atoms with van der Waals surface area (Å²) in [5.41, 5.74) is 2.41. The van der Waals surface area contributed by atoms with E-state index in [2.05, 4.69) is 0 Å². The van der Waals surface area contributed by atoms with Crippen molar-refractivity contribution in [3.8, 4) is 22.3 Å². The lowest BCUT2D eigenvalue weighted by molar-refractivity contribution is -0.137. The van der Waals surface area contributed by atoms with E-state index in [9.17, 15) is 18.0 Å². The van der Waals surface area contributed by atoms with E-state index in [1.54, 1.807) is 24.3 Å². The fourth-order valence-electron chi connectivity index (χ4n) is 3.22. The van der Waals surface area contributed by atoms with Gasteiger partial charge in [0.05, 0.1) is 10.6 Å². The smallest absolute Gasteiger partial charge is 0.289 e. The predicted octanol–water partition coefficient (Wildman–Crippen LogP) is 6.24. The average Bonchev–Trinajstić information content (AvgIpc) is 2.88. The van der Waals surface area contributed by atoms with Gasteiger partial charge in [0.2, 0.25) is 0 Å². The molecular formula is C20H10ClF3O. The summed E-state index contributed by atoms with van der Waals surface area (Å²) in [7, 11) is 0. The maximum atomic E-state index is 13.2. The Kier molecular flexibility index (Phi) is 3.48. The van der Waals surface area contributed by atoms with Crippen LogP contribution in [0.25, 0.3) is 22.3 Å². The molecule has 0 fully saturated rings. The second-order valence-electron chi connectivity index (χ2n) is 5.80. The Balaban J connectivity index is 1.95. The van der Waals surface area contributed by atoms with Gasteiger partial charge in [-0.1, -0.05) is 60.1 Å². The topological polar surface area (TPSA) is 17.1 Å². The molecule has 1 nitrogen and oxygen atoms in total. The normalized spacial score (nSPS) is 12.9. The Labute approximate surface area is 146 Å². The van der Waals surface area contributed by atoms with Crippen LogP contribution in [0, 0.1) is 0 Å². The Morgan fingerprint density at radius 2 is 1.40 bits per heavy atom. The van der Waals surface area contributed by atoms with E-state index in [1.807, 2.05) is 18.2 Å². The molecule has 0 spiro atoms. The number of halogens is 4. The number of ketones is 1. The molecule has 0 heterocycles. The molecule has 4 rings (SSSR count). The van der Waals surface area contributed by atoms with Crippen molar-refractivity contribution in [2.45, 2.75) is 6.18 Å². The van der Waals surface area contributed by atoms with Gasteiger partial charge in [-0.15, -0.1) is 0 Å². The number of fused-ring (bicyclic) bond motifs is 3. The summed E-state index contributed by atoms with van der Waals surface area (Å²) < 4.78 is 39.5. The zero-order chi connectivity index (χ0) is 17.8. The number of carbonyl (C=O) groups is 1. The molecule has 25 heavy (non-hydrogen) atoms. The van der Waals surface area contributed by atoms with E-state index in [0.717, 1.165) is 17.2 Å². The number of rotatable bonds is 1. The predicted molar refractivity (Wildman–Crippen MR) is 90.8 cm³/mol. The van der Waals surface area contributed by atoms with Crippen LogP contribution >= 0.6 is 11.6 Å². The quantitative estimate of drug-likeness (QED) is 0.394. The fourth-order valence-corrected chi connectivity index (χ4v) is 3.45. The van der Waals surface area contributed by atoms with Crippen molar-refractivity contribution in [3.05, 3.63) is 82.4 Å². The third-order valence-electron chi connectivity index (χ3n) is 4.34. The van der Waals surface area contributed by atoms with Gasteiger partial charge in [0.15, 0.2) is 5.78 Å². The molecule has 0 unspecified atom stereocenters. The van der Waals surface area contributed by atoms with Crippen LogP contribution in [-0.4, -0.2) is 5.78 Å². The summed E-state index contributed by atoms with van der Waals surface area (Å²) in [5, 5.41) is -0.363. The van der Waals surface area contributed by atoms with Crippen LogP contribution in [-0.2, 0) is 6.18 Å². The molecule has 1 aliphatic carbocycles. The van der Waals surface area contributed by atoms with Crippen molar-refractivity contribution >= 4 is 17.4 Å². The minimum absolute atomic E-state index is 0.176. The maximum Gasteiger partial charge on any atom is 0.417 e. The lowest BCUT2D eigenvalue weighted by Gasteiger charge is -2.13. The first kappa shape index (κ1) is 15.9. The third kappa shape index (κ3) is 2.45. The first-order valence-electron chi connectivity index (χ1n) is 7.52. The SMILES string of the molecule is O=C1c2ccccc2-c2cccc(-c3ccc(Cl)c(C(F)(F)F)c3)c21. The van der Waals surface area contributed by atoms with Gasteiger partial charge in [-0.2, -0.15) is 13.2 Å². The lowest BCUT2D eigenvalue weighted by Crippen LogP contribution is -2.06. The van der Waals surface area contributed by atoms with Crippen molar-refractivity contribution < 1.29 is 18.0 Å². The summed E-state index contributed by atoms with van der Waals surface area (Å²) in [6.45, 7) is 0. The molecule has 0 aromatic heterocycles. The number of hydrogen-bond donors (Lipinski definition) is 0. The van der Waals surface area contributed by atoms with E-state index in [-0.39, 0.29) is 10.8 Å². The highest BCUT2D eigenvalue weighted by molar-refractivity contribution is 6.31. The highest BCUT2D eigenvalue weighted by Gasteiger charge is 2.34. The third-order valence-corrected chi connectivity index (χ3v) is 4.67. The van der Waals surface area contributed by atoms with Crippen LogP contribution < -0.4 is 0 Å². The largest absolute Gasteiger partial charge is 0.417 e. The van der Waals surface area contributed by atoms with Crippen LogP contribution in [0.1, 0.15) is 21.5 Å². The highest BCUT2D eigenvalue weighted by Crippen LogP contribution is 2.43. The Morgan fingerprint density at radius 1 is 0.760 bits per heavy atom. The Hall–Kier alpha value is -2.59. The molecule has 0 radical (unpaired) electrons. The van der Waals surface area contributed by atoms with E-state index in [1.165, 1.54) is 12.1 Å². The van der Waals surface area contributed by atoms with Gasteiger partial charge in [0.1, 0.15) is 0 Å². The zero-order valence-corrected chi connectivity index (χ0v) is 13.4. The van der Waals surface area contributed by atoms with Crippen LogP contribution in [0.15, 0.2) is 60.7 Å². The lowest BCUT2D eigenvalue weighted by atomic mass is 9.94. The molecule has 3 aromatic carbocycles. The number of carbonyl (C=O) groups excluding carboxylic acids is 1. The first-order valence-corrected chi connectivity index (χ1v) is 7.90. The second-order valence-corrected chi connectivity index (χ2v) is 6.20. The minimum Gasteiger partial charge on any atom is -0.289 e. The van der Waals surface area contributed by atoms with E-state index < -0.39 is 11.7 Å². The molecule has 0 saturated heterocycles. The van der Waals surface area contributed by atoms with Crippen molar-refractivity contribution in [1.29, 1.82) is 0 Å². The van der Waals surface area contributed by atoms with Gasteiger partial charge in [-0.25, -0.2) is 0 Å². The molecule has 5 heteroatoms. The van der Waals surface area contributed by atoms with E-state index in [4.69, 9.17) is 11.6 Å². The monoisotopic (exact) mass is 358 g/mol. The molecule has 3 aromatic rings. The maximum absolute atomic E-state index is 13.2. The molecule has 1 aliphatic rings. The van der Waals surface area contributed by atoms with Gasteiger partial charge >= 0.3 is 6.18 Å². The summed E-state index contributed by atoms with van der Waals surface area (Å²) in [4.78, 5) is 12.8. The van der Waals surface area contributed by atoms with Gasteiger partial charge in [0.25, 0.3) is 0 Å². The molecule has 124 valence electrons. The van der Waals surface area contributed by atoms with Crippen molar-refractivity contribution in [2.75, 3.05) is 0 Å². The molecule has 0 atom stereocenters. The second kappa shape index (κ2) is 5.46. The molecule has 0 bridgehead atoms. The van der Waals surface area contributed by atoms with E-state index >= 15 is 0 Å². The number of hydrogen-bond acceptors (Lipinski definition) is 1.